The number of aryl methyl sites for hydroxylation is 1. The van der Waals surface area contributed by atoms with Crippen molar-refractivity contribution < 1.29 is 40.6 Å². The van der Waals surface area contributed by atoms with Gasteiger partial charge in [0.2, 0.25) is 5.89 Å². The number of nitrogens with zero attached hydrogens (tertiary/aromatic N) is 4. The molecule has 0 aliphatic carbocycles. The molecule has 0 atom stereocenters. The average molecular weight is 583 g/mol. The molecule has 14 heteroatoms. The topological polar surface area (TPSA) is 116 Å². The fourth-order valence-corrected chi connectivity index (χ4v) is 5.57. The summed E-state index contributed by atoms with van der Waals surface area (Å²) in [7, 11) is -2.35. The zero-order chi connectivity index (χ0) is 29.1. The highest BCUT2D eigenvalue weighted by molar-refractivity contribution is 7.87. The normalized spacial score (nSPS) is 15.2. The van der Waals surface area contributed by atoms with E-state index in [0.29, 0.717) is 52.1 Å². The van der Waals surface area contributed by atoms with Crippen molar-refractivity contribution in [3.63, 3.8) is 0 Å². The molecule has 2 heterocycles. The van der Waals surface area contributed by atoms with Gasteiger partial charge in [-0.2, -0.15) is 30.2 Å². The fraction of sp³-hybridized carbons (Fsp3) is 0.385. The zero-order valence-electron chi connectivity index (χ0n) is 21.9. The van der Waals surface area contributed by atoms with Crippen LogP contribution >= 0.6 is 0 Å². The number of rotatable bonds is 9. The lowest BCUT2D eigenvalue weighted by atomic mass is 10.1. The fourth-order valence-electron chi connectivity index (χ4n) is 4.16. The number of carboxylic acid groups (broad SMARTS) is 1. The third-order valence-electron chi connectivity index (χ3n) is 6.46. The van der Waals surface area contributed by atoms with Gasteiger partial charge in [-0.1, -0.05) is 12.1 Å². The maximum atomic E-state index is 13.0. The number of ether oxygens (including phenoxy) is 1. The molecule has 0 spiro atoms. The molecule has 0 unspecified atom stereocenters. The van der Waals surface area contributed by atoms with Crippen LogP contribution in [0.3, 0.4) is 0 Å². The van der Waals surface area contributed by atoms with Crippen LogP contribution in [0.2, 0.25) is 0 Å². The number of hydrogen-bond acceptors (Lipinski definition) is 7. The second-order valence-corrected chi connectivity index (χ2v) is 11.2. The number of amides is 1. The first-order valence-electron chi connectivity index (χ1n) is 12.4. The van der Waals surface area contributed by atoms with Gasteiger partial charge in [-0.05, 0) is 55.9 Å². The number of hydrogen-bond donors (Lipinski definition) is 1. The van der Waals surface area contributed by atoms with E-state index in [4.69, 9.17) is 9.15 Å². The van der Waals surface area contributed by atoms with Crippen LogP contribution in [-0.4, -0.2) is 77.9 Å². The predicted molar refractivity (Wildman–Crippen MR) is 139 cm³/mol. The molecular formula is C26H29F3N4O6S. The van der Waals surface area contributed by atoms with Crippen molar-refractivity contribution in [1.29, 1.82) is 0 Å². The van der Waals surface area contributed by atoms with Crippen LogP contribution in [0, 0.1) is 6.92 Å². The van der Waals surface area contributed by atoms with Crippen molar-refractivity contribution in [1.82, 2.24) is 18.5 Å². The van der Waals surface area contributed by atoms with E-state index in [1.807, 2.05) is 11.9 Å². The summed E-state index contributed by atoms with van der Waals surface area (Å²) >= 11 is 0. The van der Waals surface area contributed by atoms with Crippen LogP contribution in [0.4, 0.5) is 18.0 Å². The smallest absolute Gasteiger partial charge is 0.422 e. The van der Waals surface area contributed by atoms with Crippen molar-refractivity contribution in [2.24, 2.45) is 0 Å². The van der Waals surface area contributed by atoms with E-state index in [1.165, 1.54) is 16.4 Å². The maximum absolute atomic E-state index is 13.0. The van der Waals surface area contributed by atoms with Crippen LogP contribution in [0.25, 0.3) is 11.5 Å². The summed E-state index contributed by atoms with van der Waals surface area (Å²) in [6.07, 6.45) is -5.68. The summed E-state index contributed by atoms with van der Waals surface area (Å²) in [6.45, 7) is 2.91. The molecule has 1 aliphatic heterocycles. The number of benzene rings is 2. The standard InChI is InChI=1S/C26H29F3N4O6S/c1-18-23(30-24(39-18)20-6-8-21(9-7-20)26(27,28)29)10-15-38-22-5-3-4-19(16-22)17-33(25(34)35)40(36,37)32-13-11-31(2)12-14-32/h3-9,16H,10-15,17H2,1-2H3,(H,34,35). The SMILES string of the molecule is Cc1oc(-c2ccc(C(F)(F)F)cc2)nc1CCOc1cccc(CN(C(=O)O)S(=O)(=O)N2CCN(C)CC2)c1. The lowest BCUT2D eigenvalue weighted by Crippen LogP contribution is -2.53. The Morgan fingerprint density at radius 1 is 1.12 bits per heavy atom. The number of alkyl halides is 3. The Labute approximate surface area is 229 Å². The van der Waals surface area contributed by atoms with Crippen molar-refractivity contribution >= 4 is 16.3 Å². The molecule has 0 radical (unpaired) electrons. The molecule has 3 aromatic rings. The van der Waals surface area contributed by atoms with E-state index in [9.17, 15) is 31.5 Å². The van der Waals surface area contributed by atoms with Crippen LogP contribution in [0.5, 0.6) is 5.75 Å². The lowest BCUT2D eigenvalue weighted by molar-refractivity contribution is -0.137. The Balaban J connectivity index is 1.38. The summed E-state index contributed by atoms with van der Waals surface area (Å²) in [5.74, 6) is 1.10. The summed E-state index contributed by atoms with van der Waals surface area (Å²) in [4.78, 5) is 18.2. The second-order valence-electron chi connectivity index (χ2n) is 9.34. The van der Waals surface area contributed by atoms with Crippen molar-refractivity contribution in [2.75, 3.05) is 39.8 Å². The van der Waals surface area contributed by atoms with Gasteiger partial charge in [0.15, 0.2) is 0 Å². The van der Waals surface area contributed by atoms with E-state index in [2.05, 4.69) is 4.98 Å². The van der Waals surface area contributed by atoms with E-state index < -0.39 is 28.0 Å². The number of oxazole rings is 1. The third-order valence-corrected chi connectivity index (χ3v) is 8.32. The molecule has 2 aromatic carbocycles. The van der Waals surface area contributed by atoms with Crippen molar-refractivity contribution in [3.05, 3.63) is 71.1 Å². The first kappa shape index (κ1) is 29.4. The van der Waals surface area contributed by atoms with Crippen LogP contribution in [0.1, 0.15) is 22.6 Å². The summed E-state index contributed by atoms with van der Waals surface area (Å²) < 4.78 is 77.5. The van der Waals surface area contributed by atoms with Gasteiger partial charge in [-0.25, -0.2) is 9.78 Å². The summed E-state index contributed by atoms with van der Waals surface area (Å²) in [5.41, 5.74) is 0.644. The largest absolute Gasteiger partial charge is 0.493 e. The molecule has 1 aliphatic rings. The van der Waals surface area contributed by atoms with Gasteiger partial charge in [0.25, 0.3) is 0 Å². The molecule has 4 rings (SSSR count). The second kappa shape index (κ2) is 11.9. The van der Waals surface area contributed by atoms with Crippen molar-refractivity contribution in [3.8, 4) is 17.2 Å². The molecule has 216 valence electrons. The van der Waals surface area contributed by atoms with E-state index in [0.717, 1.165) is 12.1 Å². The summed E-state index contributed by atoms with van der Waals surface area (Å²) in [5, 5.41) is 9.66. The van der Waals surface area contributed by atoms with Gasteiger partial charge in [-0.3, -0.25) is 0 Å². The van der Waals surface area contributed by atoms with Gasteiger partial charge in [-0.15, -0.1) is 0 Å². The van der Waals surface area contributed by atoms with E-state index in [1.54, 1.807) is 31.2 Å². The van der Waals surface area contributed by atoms with Gasteiger partial charge in [0.1, 0.15) is 11.5 Å². The van der Waals surface area contributed by atoms with Crippen LogP contribution in [0.15, 0.2) is 52.9 Å². The molecule has 0 bridgehead atoms. The average Bonchev–Trinajstić information content (AvgIpc) is 3.27. The van der Waals surface area contributed by atoms with Gasteiger partial charge < -0.3 is 19.2 Å². The van der Waals surface area contributed by atoms with Crippen molar-refractivity contribution in [2.45, 2.75) is 26.1 Å². The predicted octanol–water partition coefficient (Wildman–Crippen LogP) is 4.26. The number of likely N-dealkylation sites (N-methyl/N-ethyl adjacent to an activating group) is 1. The first-order chi connectivity index (χ1) is 18.8. The molecule has 0 saturated carbocycles. The Morgan fingerprint density at radius 2 is 1.80 bits per heavy atom. The highest BCUT2D eigenvalue weighted by Crippen LogP contribution is 2.31. The lowest BCUT2D eigenvalue weighted by Gasteiger charge is -2.34. The monoisotopic (exact) mass is 582 g/mol. The molecule has 1 aromatic heterocycles. The Hall–Kier alpha value is -3.62. The van der Waals surface area contributed by atoms with Gasteiger partial charge >= 0.3 is 22.5 Å². The summed E-state index contributed by atoms with van der Waals surface area (Å²) in [6, 6.07) is 11.0. The molecule has 1 N–H and O–H groups in total. The number of halogens is 3. The van der Waals surface area contributed by atoms with E-state index >= 15 is 0 Å². The number of aromatic nitrogens is 1. The van der Waals surface area contributed by atoms with Gasteiger partial charge in [0.05, 0.1) is 24.4 Å². The Bertz CT molecular complexity index is 1440. The molecule has 1 amide bonds. The van der Waals surface area contributed by atoms with E-state index in [-0.39, 0.29) is 32.1 Å². The number of carbonyl (C=O) groups is 1. The molecular weight excluding hydrogens is 553 g/mol. The maximum Gasteiger partial charge on any atom is 0.422 e. The molecule has 40 heavy (non-hydrogen) atoms. The molecule has 1 fully saturated rings. The minimum atomic E-state index is -4.43. The highest BCUT2D eigenvalue weighted by atomic mass is 32.2. The zero-order valence-corrected chi connectivity index (χ0v) is 22.7. The van der Waals surface area contributed by atoms with Crippen LogP contribution < -0.4 is 4.74 Å². The first-order valence-corrected chi connectivity index (χ1v) is 13.8. The Kier molecular flexibility index (Phi) is 8.71. The van der Waals surface area contributed by atoms with Gasteiger partial charge in [0, 0.05) is 38.2 Å². The molecule has 10 nitrogen and oxygen atoms in total. The third kappa shape index (κ3) is 6.92. The Morgan fingerprint density at radius 3 is 2.42 bits per heavy atom. The minimum Gasteiger partial charge on any atom is -0.493 e. The quantitative estimate of drug-likeness (QED) is 0.398. The van der Waals surface area contributed by atoms with Crippen LogP contribution in [-0.2, 0) is 29.4 Å². The molecule has 1 saturated heterocycles. The number of piperazine rings is 1. The highest BCUT2D eigenvalue weighted by Gasteiger charge is 2.35. The minimum absolute atomic E-state index is 0.172.